The lowest BCUT2D eigenvalue weighted by molar-refractivity contribution is -0.137. The van der Waals surface area contributed by atoms with Crippen LogP contribution in [0.1, 0.15) is 24.8 Å². The number of halogens is 5. The molecule has 1 aliphatic carbocycles. The Labute approximate surface area is 202 Å². The molecule has 190 valence electrons. The van der Waals surface area contributed by atoms with E-state index in [4.69, 9.17) is 0 Å². The minimum atomic E-state index is -4.49. The first-order chi connectivity index (χ1) is 17.2. The first kappa shape index (κ1) is 23.0. The number of carbonyl (C=O) groups excluding carboxylic acids is 1. The zero-order valence-corrected chi connectivity index (χ0v) is 19.0. The SMILES string of the molecule is O=C1N(c2ccc(C(F)(F)F)cn2)CCC12C1CCC2CN(c2cnc3cnn(CC(F)F)c3n2)C1. The molecule has 0 N–H and O–H groups in total. The van der Waals surface area contributed by atoms with Crippen LogP contribution in [0.5, 0.6) is 0 Å². The fourth-order valence-electron chi connectivity index (χ4n) is 6.26. The average Bonchev–Trinajstić information content (AvgIpc) is 3.44. The van der Waals surface area contributed by atoms with Crippen LogP contribution in [0.2, 0.25) is 0 Å². The Balaban J connectivity index is 1.24. The summed E-state index contributed by atoms with van der Waals surface area (Å²) in [6.45, 7) is 0.945. The lowest BCUT2D eigenvalue weighted by atomic mass is 9.68. The summed E-state index contributed by atoms with van der Waals surface area (Å²) in [6, 6.07) is 2.20. The van der Waals surface area contributed by atoms with E-state index in [2.05, 4.69) is 20.1 Å². The third-order valence-corrected chi connectivity index (χ3v) is 7.91. The Bertz CT molecular complexity index is 1290. The number of pyridine rings is 1. The summed E-state index contributed by atoms with van der Waals surface area (Å²) in [5.74, 6) is 0.768. The second kappa shape index (κ2) is 8.07. The van der Waals surface area contributed by atoms with Gasteiger partial charge < -0.3 is 4.90 Å². The highest BCUT2D eigenvalue weighted by atomic mass is 19.4. The second-order valence-electron chi connectivity index (χ2n) is 9.68. The Morgan fingerprint density at radius 2 is 1.78 bits per heavy atom. The highest BCUT2D eigenvalue weighted by molar-refractivity contribution is 6.00. The third kappa shape index (κ3) is 3.50. The molecule has 3 aromatic rings. The van der Waals surface area contributed by atoms with Gasteiger partial charge in [0.25, 0.3) is 6.43 Å². The van der Waals surface area contributed by atoms with Crippen molar-refractivity contribution in [3.8, 4) is 0 Å². The van der Waals surface area contributed by atoms with Crippen LogP contribution in [-0.4, -0.2) is 56.7 Å². The summed E-state index contributed by atoms with van der Waals surface area (Å²) in [5, 5.41) is 3.96. The Kier molecular flexibility index (Phi) is 5.16. The number of piperidine rings is 1. The molecule has 6 rings (SSSR count). The molecule has 8 nitrogen and oxygen atoms in total. The summed E-state index contributed by atoms with van der Waals surface area (Å²) < 4.78 is 65.7. The number of hydrogen-bond donors (Lipinski definition) is 0. The number of anilines is 2. The van der Waals surface area contributed by atoms with Crippen molar-refractivity contribution >= 4 is 28.7 Å². The van der Waals surface area contributed by atoms with Gasteiger partial charge in [-0.25, -0.2) is 28.4 Å². The van der Waals surface area contributed by atoms with Crippen molar-refractivity contribution in [1.29, 1.82) is 0 Å². The lowest BCUT2D eigenvalue weighted by Crippen LogP contribution is -2.53. The Hall–Kier alpha value is -3.38. The van der Waals surface area contributed by atoms with Gasteiger partial charge in [-0.15, -0.1) is 0 Å². The fourth-order valence-corrected chi connectivity index (χ4v) is 6.26. The van der Waals surface area contributed by atoms with Gasteiger partial charge in [-0.05, 0) is 43.2 Å². The number of nitrogens with zero attached hydrogens (tertiary/aromatic N) is 7. The zero-order chi connectivity index (χ0) is 25.2. The standard InChI is InChI=1S/C23H22F5N7O/c24-17(25)12-35-20-16(8-31-35)29-9-19(32-20)33-10-14-1-2-15(11-33)22(14)5-6-34(21(22)36)18-4-3-13(7-30-18)23(26,27)28/h3-4,7-9,14-15,17H,1-2,5-6,10-12H2. The number of alkyl halides is 5. The van der Waals surface area contributed by atoms with E-state index in [0.717, 1.165) is 29.8 Å². The molecule has 2 atom stereocenters. The van der Waals surface area contributed by atoms with Gasteiger partial charge in [0.05, 0.1) is 23.4 Å². The van der Waals surface area contributed by atoms with Crippen LogP contribution < -0.4 is 9.80 Å². The normalized spacial score (nSPS) is 26.2. The van der Waals surface area contributed by atoms with Crippen molar-refractivity contribution in [2.75, 3.05) is 29.4 Å². The van der Waals surface area contributed by atoms with Gasteiger partial charge in [0.15, 0.2) is 5.65 Å². The molecule has 13 heteroatoms. The van der Waals surface area contributed by atoms with E-state index < -0.39 is 30.1 Å². The number of carbonyl (C=O) groups is 1. The highest BCUT2D eigenvalue weighted by Crippen LogP contribution is 2.57. The summed E-state index contributed by atoms with van der Waals surface area (Å²) in [6.07, 6.45) is -0.980. The van der Waals surface area contributed by atoms with Crippen molar-refractivity contribution in [3.05, 3.63) is 36.3 Å². The Morgan fingerprint density at radius 1 is 1.03 bits per heavy atom. The molecule has 1 saturated carbocycles. The number of fused-ring (bicyclic) bond motifs is 1. The molecule has 2 aliphatic heterocycles. The van der Waals surface area contributed by atoms with Gasteiger partial charge in [-0.2, -0.15) is 18.3 Å². The maximum atomic E-state index is 13.7. The number of rotatable bonds is 4. The molecule has 5 heterocycles. The van der Waals surface area contributed by atoms with E-state index in [-0.39, 0.29) is 29.2 Å². The van der Waals surface area contributed by atoms with Gasteiger partial charge in [0.1, 0.15) is 23.7 Å². The molecule has 2 unspecified atom stereocenters. The zero-order valence-electron chi connectivity index (χ0n) is 19.0. The predicted molar refractivity (Wildman–Crippen MR) is 118 cm³/mol. The van der Waals surface area contributed by atoms with Crippen LogP contribution in [0, 0.1) is 17.3 Å². The molecule has 0 radical (unpaired) electrons. The lowest BCUT2D eigenvalue weighted by Gasteiger charge is -2.44. The van der Waals surface area contributed by atoms with E-state index in [1.165, 1.54) is 17.2 Å². The predicted octanol–water partition coefficient (Wildman–Crippen LogP) is 3.77. The van der Waals surface area contributed by atoms with E-state index >= 15 is 0 Å². The molecule has 3 aromatic heterocycles. The van der Waals surface area contributed by atoms with Crippen LogP contribution in [0.3, 0.4) is 0 Å². The summed E-state index contributed by atoms with van der Waals surface area (Å²) in [5.41, 5.74) is -0.719. The van der Waals surface area contributed by atoms with Crippen molar-refractivity contribution in [3.63, 3.8) is 0 Å². The maximum Gasteiger partial charge on any atom is 0.417 e. The van der Waals surface area contributed by atoms with Crippen molar-refractivity contribution in [2.45, 2.75) is 38.4 Å². The van der Waals surface area contributed by atoms with Crippen LogP contribution in [0.15, 0.2) is 30.7 Å². The summed E-state index contributed by atoms with van der Waals surface area (Å²) >= 11 is 0. The number of hydrogen-bond acceptors (Lipinski definition) is 6. The molecule has 0 aromatic carbocycles. The maximum absolute atomic E-state index is 13.7. The van der Waals surface area contributed by atoms with Crippen LogP contribution in [-0.2, 0) is 17.5 Å². The molecule has 3 aliphatic rings. The summed E-state index contributed by atoms with van der Waals surface area (Å²) in [7, 11) is 0. The minimum absolute atomic E-state index is 0.0340. The topological polar surface area (TPSA) is 80.0 Å². The molecule has 36 heavy (non-hydrogen) atoms. The first-order valence-electron chi connectivity index (χ1n) is 11.7. The highest BCUT2D eigenvalue weighted by Gasteiger charge is 2.62. The molecular weight excluding hydrogens is 485 g/mol. The van der Waals surface area contributed by atoms with Gasteiger partial charge in [0, 0.05) is 25.8 Å². The minimum Gasteiger partial charge on any atom is -0.355 e. The largest absolute Gasteiger partial charge is 0.417 e. The number of amides is 1. The van der Waals surface area contributed by atoms with Crippen molar-refractivity contribution in [2.24, 2.45) is 17.3 Å². The van der Waals surface area contributed by atoms with Crippen molar-refractivity contribution in [1.82, 2.24) is 24.7 Å². The van der Waals surface area contributed by atoms with Gasteiger partial charge in [-0.3, -0.25) is 9.69 Å². The molecular formula is C23H22F5N7O. The van der Waals surface area contributed by atoms with E-state index in [9.17, 15) is 26.7 Å². The Morgan fingerprint density at radius 3 is 2.42 bits per heavy atom. The fraction of sp³-hybridized carbons (Fsp3) is 0.522. The smallest absolute Gasteiger partial charge is 0.355 e. The second-order valence-corrected chi connectivity index (χ2v) is 9.68. The monoisotopic (exact) mass is 507 g/mol. The third-order valence-electron chi connectivity index (χ3n) is 7.91. The quantitative estimate of drug-likeness (QED) is 0.501. The van der Waals surface area contributed by atoms with Gasteiger partial charge in [-0.1, -0.05) is 0 Å². The van der Waals surface area contributed by atoms with Crippen LogP contribution >= 0.6 is 0 Å². The first-order valence-corrected chi connectivity index (χ1v) is 11.7. The number of aromatic nitrogens is 5. The van der Waals surface area contributed by atoms with E-state index in [1.807, 2.05) is 4.90 Å². The van der Waals surface area contributed by atoms with Crippen LogP contribution in [0.25, 0.3) is 11.2 Å². The van der Waals surface area contributed by atoms with Crippen LogP contribution in [0.4, 0.5) is 33.6 Å². The molecule has 1 amide bonds. The molecule has 2 bridgehead atoms. The van der Waals surface area contributed by atoms with Gasteiger partial charge >= 0.3 is 6.18 Å². The van der Waals surface area contributed by atoms with E-state index in [0.29, 0.717) is 37.4 Å². The van der Waals surface area contributed by atoms with Gasteiger partial charge in [0.2, 0.25) is 5.91 Å². The summed E-state index contributed by atoms with van der Waals surface area (Å²) in [4.78, 5) is 30.1. The van der Waals surface area contributed by atoms with E-state index in [1.54, 1.807) is 6.20 Å². The molecule has 1 spiro atoms. The van der Waals surface area contributed by atoms with Crippen molar-refractivity contribution < 1.29 is 26.7 Å². The average molecular weight is 507 g/mol. The molecule has 2 saturated heterocycles. The molecule has 3 fully saturated rings.